The minimum absolute atomic E-state index is 0.0253. The first kappa shape index (κ1) is 14.8. The van der Waals surface area contributed by atoms with Gasteiger partial charge in [0.25, 0.3) is 0 Å². The zero-order chi connectivity index (χ0) is 16.4. The number of aromatic amines is 1. The van der Waals surface area contributed by atoms with Crippen molar-refractivity contribution < 1.29 is 23.8 Å². The first-order valence-electron chi connectivity index (χ1n) is 6.89. The van der Waals surface area contributed by atoms with Crippen molar-refractivity contribution in [1.82, 2.24) is 15.4 Å². The van der Waals surface area contributed by atoms with E-state index in [0.29, 0.717) is 22.7 Å². The molecular weight excluding hydrogens is 304 g/mol. The molecule has 2 heterocycles. The molecule has 0 radical (unpaired) electrons. The number of nitrogens with zero attached hydrogens (tertiary/aromatic N) is 2. The number of rotatable bonds is 4. The highest BCUT2D eigenvalue weighted by atomic mass is 16.7. The fraction of sp³-hybridized carbons (Fsp3) is 0.286. The summed E-state index contributed by atoms with van der Waals surface area (Å²) in [5.41, 5.74) is 1.19. The lowest BCUT2D eigenvalue weighted by Gasteiger charge is -2.10. The quantitative estimate of drug-likeness (QED) is 0.817. The second-order valence-electron chi connectivity index (χ2n) is 4.67. The summed E-state index contributed by atoms with van der Waals surface area (Å²) in [5.74, 6) is 0.111. The van der Waals surface area contributed by atoms with Crippen LogP contribution in [0.25, 0.3) is 11.3 Å². The summed E-state index contributed by atoms with van der Waals surface area (Å²) in [7, 11) is 0. The zero-order valence-electron chi connectivity index (χ0n) is 12.5. The molecule has 0 bridgehead atoms. The Morgan fingerprint density at radius 3 is 2.74 bits per heavy atom. The predicted molar refractivity (Wildman–Crippen MR) is 78.2 cm³/mol. The highest BCUT2D eigenvalue weighted by Crippen LogP contribution is 2.41. The molecular formula is C14H14N4O5. The maximum atomic E-state index is 12.0. The number of carbonyl (C=O) groups is 2. The molecule has 120 valence electrons. The predicted octanol–water partition coefficient (Wildman–Crippen LogP) is 1.34. The molecule has 9 heteroatoms. The van der Waals surface area contributed by atoms with Crippen molar-refractivity contribution in [2.45, 2.75) is 13.8 Å². The van der Waals surface area contributed by atoms with E-state index in [4.69, 9.17) is 14.2 Å². The minimum atomic E-state index is -0.609. The Hall–Kier alpha value is -3.10. The number of hydrogen-bond acceptors (Lipinski definition) is 7. The number of benzene rings is 1. The summed E-state index contributed by atoms with van der Waals surface area (Å²) in [5, 5.41) is 12.9. The summed E-state index contributed by atoms with van der Waals surface area (Å²) >= 11 is 0. The van der Waals surface area contributed by atoms with Crippen LogP contribution in [0.3, 0.4) is 0 Å². The van der Waals surface area contributed by atoms with Crippen LogP contribution in [0, 0.1) is 0 Å². The molecule has 23 heavy (non-hydrogen) atoms. The van der Waals surface area contributed by atoms with Crippen molar-refractivity contribution >= 4 is 17.6 Å². The SMILES string of the molecule is CCOC(=O)c1n[nH]nc1-c1cc2c(cc1NC(C)=O)OCO2. The number of aromatic nitrogens is 3. The topological polar surface area (TPSA) is 115 Å². The molecule has 0 unspecified atom stereocenters. The Morgan fingerprint density at radius 1 is 1.30 bits per heavy atom. The van der Waals surface area contributed by atoms with E-state index in [1.807, 2.05) is 0 Å². The third-order valence-electron chi connectivity index (χ3n) is 3.10. The zero-order valence-corrected chi connectivity index (χ0v) is 12.5. The summed E-state index contributed by atoms with van der Waals surface area (Å²) < 4.78 is 15.6. The molecule has 0 saturated heterocycles. The van der Waals surface area contributed by atoms with Gasteiger partial charge in [-0.25, -0.2) is 4.79 Å². The van der Waals surface area contributed by atoms with E-state index in [0.717, 1.165) is 0 Å². The molecule has 2 aromatic rings. The molecule has 3 rings (SSSR count). The molecule has 1 aromatic heterocycles. The molecule has 0 fully saturated rings. The summed E-state index contributed by atoms with van der Waals surface area (Å²) in [6, 6.07) is 3.25. The number of nitrogens with one attached hydrogen (secondary N) is 2. The van der Waals surface area contributed by atoms with Crippen molar-refractivity contribution in [3.63, 3.8) is 0 Å². The van der Waals surface area contributed by atoms with Gasteiger partial charge in [-0.1, -0.05) is 0 Å². The van der Waals surface area contributed by atoms with Gasteiger partial charge in [0.1, 0.15) is 5.69 Å². The van der Waals surface area contributed by atoms with Gasteiger partial charge in [0.15, 0.2) is 17.2 Å². The number of hydrogen-bond donors (Lipinski definition) is 2. The number of anilines is 1. The Morgan fingerprint density at radius 2 is 2.04 bits per heavy atom. The van der Waals surface area contributed by atoms with Crippen LogP contribution in [0.1, 0.15) is 24.3 Å². The maximum absolute atomic E-state index is 12.0. The minimum Gasteiger partial charge on any atom is -0.461 e. The van der Waals surface area contributed by atoms with Gasteiger partial charge < -0.3 is 19.5 Å². The van der Waals surface area contributed by atoms with Gasteiger partial charge in [-0.2, -0.15) is 10.3 Å². The molecule has 0 atom stereocenters. The molecule has 0 spiro atoms. The van der Waals surface area contributed by atoms with Crippen LogP contribution < -0.4 is 14.8 Å². The second-order valence-corrected chi connectivity index (χ2v) is 4.67. The van der Waals surface area contributed by atoms with E-state index in [1.165, 1.54) is 6.92 Å². The lowest BCUT2D eigenvalue weighted by atomic mass is 10.1. The molecule has 1 aromatic carbocycles. The van der Waals surface area contributed by atoms with Gasteiger partial charge in [-0.15, -0.1) is 5.10 Å². The Labute approximate surface area is 130 Å². The first-order valence-corrected chi connectivity index (χ1v) is 6.89. The summed E-state index contributed by atoms with van der Waals surface area (Å²) in [4.78, 5) is 23.4. The number of fused-ring (bicyclic) bond motifs is 1. The summed E-state index contributed by atoms with van der Waals surface area (Å²) in [6.45, 7) is 3.37. The fourth-order valence-electron chi connectivity index (χ4n) is 2.19. The average Bonchev–Trinajstić information content (AvgIpc) is 3.14. The van der Waals surface area contributed by atoms with Crippen LogP contribution in [-0.2, 0) is 9.53 Å². The number of carbonyl (C=O) groups excluding carboxylic acids is 2. The summed E-state index contributed by atoms with van der Waals surface area (Å²) in [6.07, 6.45) is 0. The van der Waals surface area contributed by atoms with Crippen LogP contribution in [0.2, 0.25) is 0 Å². The normalized spacial score (nSPS) is 12.1. The number of ether oxygens (including phenoxy) is 3. The lowest BCUT2D eigenvalue weighted by Crippen LogP contribution is -2.09. The van der Waals surface area contributed by atoms with Gasteiger partial charge in [0, 0.05) is 18.6 Å². The van der Waals surface area contributed by atoms with Crippen LogP contribution >= 0.6 is 0 Å². The van der Waals surface area contributed by atoms with Gasteiger partial charge >= 0.3 is 5.97 Å². The number of esters is 1. The van der Waals surface area contributed by atoms with E-state index in [2.05, 4.69) is 20.7 Å². The Bertz CT molecular complexity index is 771. The molecule has 9 nitrogen and oxygen atoms in total. The second kappa shape index (κ2) is 5.95. The van der Waals surface area contributed by atoms with E-state index in [1.54, 1.807) is 19.1 Å². The Balaban J connectivity index is 2.10. The molecule has 1 aliphatic heterocycles. The average molecular weight is 318 g/mol. The lowest BCUT2D eigenvalue weighted by molar-refractivity contribution is -0.114. The molecule has 2 N–H and O–H groups in total. The van der Waals surface area contributed by atoms with Crippen molar-refractivity contribution in [3.8, 4) is 22.8 Å². The Kier molecular flexibility index (Phi) is 3.83. The fourth-order valence-corrected chi connectivity index (χ4v) is 2.19. The molecule has 1 amide bonds. The third kappa shape index (κ3) is 2.80. The standard InChI is InChI=1S/C14H14N4O5/c1-3-21-14(20)13-12(16-18-17-13)8-4-10-11(23-6-22-10)5-9(8)15-7(2)19/h4-5H,3,6H2,1-2H3,(H,15,19)(H,16,17,18). The number of H-pyrrole nitrogens is 1. The van der Waals surface area contributed by atoms with E-state index in [-0.39, 0.29) is 30.7 Å². The number of amides is 1. The van der Waals surface area contributed by atoms with Gasteiger partial charge in [-0.3, -0.25) is 4.79 Å². The van der Waals surface area contributed by atoms with Crippen molar-refractivity contribution in [1.29, 1.82) is 0 Å². The highest BCUT2D eigenvalue weighted by Gasteiger charge is 2.25. The molecule has 0 saturated carbocycles. The van der Waals surface area contributed by atoms with E-state index in [9.17, 15) is 9.59 Å². The van der Waals surface area contributed by atoms with Crippen molar-refractivity contribution in [2.24, 2.45) is 0 Å². The molecule has 1 aliphatic rings. The van der Waals surface area contributed by atoms with Gasteiger partial charge in [-0.05, 0) is 13.0 Å². The maximum Gasteiger partial charge on any atom is 0.361 e. The monoisotopic (exact) mass is 318 g/mol. The van der Waals surface area contributed by atoms with Crippen molar-refractivity contribution in [3.05, 3.63) is 17.8 Å². The van der Waals surface area contributed by atoms with Gasteiger partial charge in [0.2, 0.25) is 12.7 Å². The van der Waals surface area contributed by atoms with Crippen LogP contribution in [-0.4, -0.2) is 40.7 Å². The smallest absolute Gasteiger partial charge is 0.361 e. The largest absolute Gasteiger partial charge is 0.461 e. The van der Waals surface area contributed by atoms with Crippen molar-refractivity contribution in [2.75, 3.05) is 18.7 Å². The van der Waals surface area contributed by atoms with Crippen LogP contribution in [0.5, 0.6) is 11.5 Å². The van der Waals surface area contributed by atoms with E-state index >= 15 is 0 Å². The first-order chi connectivity index (χ1) is 11.1. The van der Waals surface area contributed by atoms with E-state index < -0.39 is 5.97 Å². The third-order valence-corrected chi connectivity index (χ3v) is 3.10. The van der Waals surface area contributed by atoms with Crippen LogP contribution in [0.4, 0.5) is 5.69 Å². The highest BCUT2D eigenvalue weighted by molar-refractivity contribution is 5.99. The molecule has 0 aliphatic carbocycles. The van der Waals surface area contributed by atoms with Gasteiger partial charge in [0.05, 0.1) is 12.3 Å². The van der Waals surface area contributed by atoms with Crippen LogP contribution in [0.15, 0.2) is 12.1 Å².